The van der Waals surface area contributed by atoms with Gasteiger partial charge in [-0.15, -0.1) is 0 Å². The molecule has 0 aliphatic carbocycles. The van der Waals surface area contributed by atoms with Crippen LogP contribution in [0.4, 0.5) is 5.69 Å². The van der Waals surface area contributed by atoms with Gasteiger partial charge in [0, 0.05) is 17.8 Å². The van der Waals surface area contributed by atoms with Crippen molar-refractivity contribution in [1.82, 2.24) is 10.6 Å². The zero-order chi connectivity index (χ0) is 17.7. The molecule has 0 bridgehead atoms. The fourth-order valence-corrected chi connectivity index (χ4v) is 2.29. The molecule has 0 saturated carbocycles. The van der Waals surface area contributed by atoms with Crippen LogP contribution in [0.1, 0.15) is 25.5 Å². The minimum atomic E-state index is -0.734. The highest BCUT2D eigenvalue weighted by molar-refractivity contribution is 5.95. The van der Waals surface area contributed by atoms with Gasteiger partial charge >= 0.3 is 5.97 Å². The fraction of sp³-hybridized carbons (Fsp3) is 0.267. The highest BCUT2D eigenvalue weighted by atomic mass is 16.6. The number of nitriles is 1. The molecule has 1 unspecified atom stereocenters. The van der Waals surface area contributed by atoms with Crippen LogP contribution in [0.5, 0.6) is 0 Å². The van der Waals surface area contributed by atoms with Crippen LogP contribution in [0.3, 0.4) is 0 Å². The number of esters is 1. The molecule has 9 nitrogen and oxygen atoms in total. The van der Waals surface area contributed by atoms with E-state index in [4.69, 9.17) is 10.00 Å². The molecule has 0 fully saturated rings. The van der Waals surface area contributed by atoms with E-state index in [1.807, 2.05) is 0 Å². The maximum absolute atomic E-state index is 12.2. The van der Waals surface area contributed by atoms with E-state index in [1.165, 1.54) is 24.3 Å². The Bertz CT molecular complexity index is 761. The molecular weight excluding hydrogens is 314 g/mol. The standard InChI is InChI=1S/C15H15N5O4/c1-3-24-14(21)12-9(2)18-15(17-8-16)19-13(12)10-4-6-11(7-5-10)20(22)23/h4-7,13H,3H2,1-2H3,(H2,17,18,19). The molecular formula is C15H15N5O4. The number of carbonyl (C=O) groups is 1. The summed E-state index contributed by atoms with van der Waals surface area (Å²) in [5.74, 6) is -0.350. The van der Waals surface area contributed by atoms with Gasteiger partial charge in [-0.2, -0.15) is 5.26 Å². The third-order valence-corrected chi connectivity index (χ3v) is 3.33. The smallest absolute Gasteiger partial charge is 0.338 e. The predicted octanol–water partition coefficient (Wildman–Crippen LogP) is 1.50. The summed E-state index contributed by atoms with van der Waals surface area (Å²) in [6.07, 6.45) is 1.75. The molecule has 124 valence electrons. The van der Waals surface area contributed by atoms with Crippen molar-refractivity contribution in [3.05, 3.63) is 51.2 Å². The second-order valence-corrected chi connectivity index (χ2v) is 4.85. The minimum Gasteiger partial charge on any atom is -0.463 e. The van der Waals surface area contributed by atoms with Crippen LogP contribution in [0.15, 0.2) is 40.5 Å². The van der Waals surface area contributed by atoms with Gasteiger partial charge in [-0.05, 0) is 31.5 Å². The number of ether oxygens (including phenoxy) is 1. The van der Waals surface area contributed by atoms with Crippen LogP contribution in [-0.4, -0.2) is 23.5 Å². The summed E-state index contributed by atoms with van der Waals surface area (Å²) in [4.78, 5) is 26.8. The predicted molar refractivity (Wildman–Crippen MR) is 84.5 cm³/mol. The Morgan fingerprint density at radius 2 is 2.17 bits per heavy atom. The Hall–Kier alpha value is -3.41. The van der Waals surface area contributed by atoms with Gasteiger partial charge in [0.05, 0.1) is 17.1 Å². The van der Waals surface area contributed by atoms with Crippen molar-refractivity contribution in [2.45, 2.75) is 19.9 Å². The molecule has 2 N–H and O–H groups in total. The number of nitro benzene ring substituents is 1. The maximum atomic E-state index is 12.2. The van der Waals surface area contributed by atoms with Crippen LogP contribution in [0.25, 0.3) is 0 Å². The number of allylic oxidation sites excluding steroid dienone is 1. The van der Waals surface area contributed by atoms with E-state index in [1.54, 1.807) is 20.0 Å². The monoisotopic (exact) mass is 329 g/mol. The number of nitrogens with one attached hydrogen (secondary N) is 2. The third-order valence-electron chi connectivity index (χ3n) is 3.33. The van der Waals surface area contributed by atoms with Crippen LogP contribution >= 0.6 is 0 Å². The number of non-ortho nitro benzene ring substituents is 1. The molecule has 0 amide bonds. The Kier molecular flexibility index (Phi) is 5.11. The SMILES string of the molecule is CCOC(=O)C1=C(C)NC(NC#N)=NC1c1ccc([N+](=O)[O-])cc1. The number of guanidine groups is 1. The summed E-state index contributed by atoms with van der Waals surface area (Å²) in [7, 11) is 0. The molecule has 0 aromatic heterocycles. The number of benzene rings is 1. The van der Waals surface area contributed by atoms with Crippen molar-refractivity contribution in [1.29, 1.82) is 5.26 Å². The molecule has 24 heavy (non-hydrogen) atoms. The van der Waals surface area contributed by atoms with Crippen LogP contribution in [-0.2, 0) is 9.53 Å². The number of hydrogen-bond acceptors (Lipinski definition) is 8. The number of carbonyl (C=O) groups excluding carboxylic acids is 1. The lowest BCUT2D eigenvalue weighted by Gasteiger charge is -2.25. The first kappa shape index (κ1) is 17.0. The van der Waals surface area contributed by atoms with Crippen LogP contribution < -0.4 is 10.6 Å². The lowest BCUT2D eigenvalue weighted by atomic mass is 9.96. The zero-order valence-electron chi connectivity index (χ0n) is 13.1. The highest BCUT2D eigenvalue weighted by Crippen LogP contribution is 2.32. The molecule has 1 aliphatic heterocycles. The number of nitrogens with zero attached hydrogens (tertiary/aromatic N) is 3. The van der Waals surface area contributed by atoms with Gasteiger partial charge in [-0.1, -0.05) is 0 Å². The van der Waals surface area contributed by atoms with Crippen molar-refractivity contribution in [2.24, 2.45) is 4.99 Å². The Balaban J connectivity index is 2.46. The van der Waals surface area contributed by atoms with Crippen molar-refractivity contribution < 1.29 is 14.5 Å². The molecule has 1 aliphatic rings. The number of rotatable bonds is 4. The van der Waals surface area contributed by atoms with Crippen molar-refractivity contribution in [2.75, 3.05) is 6.61 Å². The first-order valence-corrected chi connectivity index (χ1v) is 7.10. The third kappa shape index (κ3) is 3.49. The van der Waals surface area contributed by atoms with Crippen molar-refractivity contribution in [3.63, 3.8) is 0 Å². The second-order valence-electron chi connectivity index (χ2n) is 4.85. The van der Waals surface area contributed by atoms with Gasteiger partial charge in [0.1, 0.15) is 6.04 Å². The molecule has 0 saturated heterocycles. The molecule has 0 spiro atoms. The number of hydrogen-bond donors (Lipinski definition) is 2. The average Bonchev–Trinajstić information content (AvgIpc) is 2.54. The second kappa shape index (κ2) is 7.23. The van der Waals surface area contributed by atoms with Gasteiger partial charge in [-0.3, -0.25) is 15.4 Å². The zero-order valence-corrected chi connectivity index (χ0v) is 13.1. The average molecular weight is 329 g/mol. The van der Waals surface area contributed by atoms with E-state index in [0.717, 1.165) is 0 Å². The molecule has 0 radical (unpaired) electrons. The Morgan fingerprint density at radius 1 is 1.50 bits per heavy atom. The number of aliphatic imine (C=N–C) groups is 1. The Labute approximate surface area is 137 Å². The first-order valence-electron chi connectivity index (χ1n) is 7.10. The highest BCUT2D eigenvalue weighted by Gasteiger charge is 2.30. The largest absolute Gasteiger partial charge is 0.463 e. The molecule has 9 heteroatoms. The molecule has 1 heterocycles. The van der Waals surface area contributed by atoms with Crippen LogP contribution in [0, 0.1) is 21.6 Å². The summed E-state index contributed by atoms with van der Waals surface area (Å²) >= 11 is 0. The van der Waals surface area contributed by atoms with Gasteiger partial charge in [0.15, 0.2) is 6.19 Å². The Morgan fingerprint density at radius 3 is 2.71 bits per heavy atom. The van der Waals surface area contributed by atoms with Crippen molar-refractivity contribution in [3.8, 4) is 6.19 Å². The van der Waals surface area contributed by atoms with E-state index in [-0.39, 0.29) is 23.8 Å². The van der Waals surface area contributed by atoms with E-state index in [9.17, 15) is 14.9 Å². The fourth-order valence-electron chi connectivity index (χ4n) is 2.29. The van der Waals surface area contributed by atoms with Crippen molar-refractivity contribution >= 4 is 17.6 Å². The lowest BCUT2D eigenvalue weighted by molar-refractivity contribution is -0.384. The van der Waals surface area contributed by atoms with E-state index < -0.39 is 16.9 Å². The quantitative estimate of drug-likeness (QED) is 0.281. The van der Waals surface area contributed by atoms with Crippen LogP contribution in [0.2, 0.25) is 0 Å². The summed E-state index contributed by atoms with van der Waals surface area (Å²) in [5, 5.41) is 24.7. The van der Waals surface area contributed by atoms with E-state index in [0.29, 0.717) is 11.3 Å². The molecule has 1 aromatic rings. The molecule has 1 atom stereocenters. The maximum Gasteiger partial charge on any atom is 0.338 e. The lowest BCUT2D eigenvalue weighted by Crippen LogP contribution is -2.39. The first-order chi connectivity index (χ1) is 11.5. The van der Waals surface area contributed by atoms with Gasteiger partial charge in [0.2, 0.25) is 5.96 Å². The summed E-state index contributed by atoms with van der Waals surface area (Å²) < 4.78 is 5.06. The summed E-state index contributed by atoms with van der Waals surface area (Å²) in [5.41, 5.74) is 1.28. The molecule has 1 aromatic carbocycles. The van der Waals surface area contributed by atoms with Gasteiger partial charge in [0.25, 0.3) is 5.69 Å². The minimum absolute atomic E-state index is 0.0644. The topological polar surface area (TPSA) is 130 Å². The summed E-state index contributed by atoms with van der Waals surface area (Å²) in [6.45, 7) is 3.56. The number of nitro groups is 1. The summed E-state index contributed by atoms with van der Waals surface area (Å²) in [6, 6.07) is 4.98. The normalized spacial score (nSPS) is 16.5. The van der Waals surface area contributed by atoms with E-state index >= 15 is 0 Å². The van der Waals surface area contributed by atoms with Gasteiger partial charge < -0.3 is 10.1 Å². The molecule has 2 rings (SSSR count). The van der Waals surface area contributed by atoms with Gasteiger partial charge in [-0.25, -0.2) is 9.79 Å². The van der Waals surface area contributed by atoms with E-state index in [2.05, 4.69) is 15.6 Å².